The number of carboxylic acids is 1. The lowest BCUT2D eigenvalue weighted by molar-refractivity contribution is -0.152. The molecule has 0 bridgehead atoms. The molecule has 1 saturated heterocycles. The highest BCUT2D eigenvalue weighted by Gasteiger charge is 2.34. The summed E-state index contributed by atoms with van der Waals surface area (Å²) in [5, 5.41) is 11.8. The average molecular weight is 284 g/mol. The van der Waals surface area contributed by atoms with Crippen molar-refractivity contribution < 1.29 is 19.5 Å². The van der Waals surface area contributed by atoms with E-state index in [4.69, 9.17) is 0 Å². The monoisotopic (exact) mass is 284 g/mol. The fourth-order valence-corrected chi connectivity index (χ4v) is 2.20. The van der Waals surface area contributed by atoms with Gasteiger partial charge in [-0.15, -0.1) is 0 Å². The van der Waals surface area contributed by atoms with Crippen molar-refractivity contribution >= 4 is 17.8 Å². The van der Waals surface area contributed by atoms with Gasteiger partial charge in [-0.3, -0.25) is 9.59 Å². The molecule has 0 aromatic heterocycles. The number of nitrogens with one attached hydrogen (secondary N) is 1. The van der Waals surface area contributed by atoms with Gasteiger partial charge in [-0.1, -0.05) is 27.7 Å². The van der Waals surface area contributed by atoms with Crippen LogP contribution in [0.25, 0.3) is 0 Å². The topological polar surface area (TPSA) is 86.7 Å². The molecule has 20 heavy (non-hydrogen) atoms. The van der Waals surface area contributed by atoms with Gasteiger partial charge in [0.05, 0.1) is 6.54 Å². The number of nitrogens with zero attached hydrogens (tertiary/aromatic N) is 1. The van der Waals surface area contributed by atoms with Crippen molar-refractivity contribution in [3.63, 3.8) is 0 Å². The predicted molar refractivity (Wildman–Crippen MR) is 74.0 cm³/mol. The highest BCUT2D eigenvalue weighted by Crippen LogP contribution is 2.22. The van der Waals surface area contributed by atoms with Crippen molar-refractivity contribution in [2.24, 2.45) is 11.3 Å². The predicted octanol–water partition coefficient (Wildman–Crippen LogP) is 0.860. The second kappa shape index (κ2) is 6.24. The quantitative estimate of drug-likeness (QED) is 0.804. The van der Waals surface area contributed by atoms with Crippen LogP contribution >= 0.6 is 0 Å². The van der Waals surface area contributed by atoms with Crippen LogP contribution in [0.4, 0.5) is 0 Å². The summed E-state index contributed by atoms with van der Waals surface area (Å²) in [5.74, 6) is -1.23. The number of piperidine rings is 1. The molecule has 0 aliphatic carbocycles. The molecule has 1 aliphatic rings. The summed E-state index contributed by atoms with van der Waals surface area (Å²) in [6.07, 6.45) is 1.26. The zero-order valence-electron chi connectivity index (χ0n) is 12.6. The molecule has 1 rings (SSSR count). The molecule has 6 heteroatoms. The van der Waals surface area contributed by atoms with Crippen LogP contribution in [-0.4, -0.2) is 46.9 Å². The van der Waals surface area contributed by atoms with Crippen LogP contribution in [0.2, 0.25) is 0 Å². The largest absolute Gasteiger partial charge is 0.480 e. The van der Waals surface area contributed by atoms with E-state index in [2.05, 4.69) is 5.32 Å². The van der Waals surface area contributed by atoms with Crippen LogP contribution in [-0.2, 0) is 14.4 Å². The maximum absolute atomic E-state index is 12.1. The molecule has 0 radical (unpaired) electrons. The zero-order chi connectivity index (χ0) is 15.5. The van der Waals surface area contributed by atoms with Gasteiger partial charge in [0.25, 0.3) is 0 Å². The minimum atomic E-state index is -0.980. The van der Waals surface area contributed by atoms with Gasteiger partial charge in [0, 0.05) is 12.0 Å². The van der Waals surface area contributed by atoms with Gasteiger partial charge in [-0.25, -0.2) is 4.79 Å². The first-order valence-corrected chi connectivity index (χ1v) is 6.93. The minimum Gasteiger partial charge on any atom is -0.480 e. The molecular weight excluding hydrogens is 260 g/mol. The maximum Gasteiger partial charge on any atom is 0.326 e. The third-order valence-electron chi connectivity index (χ3n) is 3.55. The number of aliphatic carboxylic acids is 1. The summed E-state index contributed by atoms with van der Waals surface area (Å²) < 4.78 is 0. The van der Waals surface area contributed by atoms with E-state index in [1.54, 1.807) is 20.8 Å². The first-order chi connectivity index (χ1) is 9.12. The highest BCUT2D eigenvalue weighted by atomic mass is 16.4. The van der Waals surface area contributed by atoms with Gasteiger partial charge < -0.3 is 15.3 Å². The fraction of sp³-hybridized carbons (Fsp3) is 0.786. The standard InChI is InChI=1S/C14H24N2O4/c1-9-5-6-16(10(7-9)12(18)19)11(17)8-15-13(20)14(2,3)4/h9-10H,5-8H2,1-4H3,(H,15,20)(H,18,19). The Hall–Kier alpha value is -1.59. The van der Waals surface area contributed by atoms with Crippen molar-refractivity contribution in [1.29, 1.82) is 0 Å². The van der Waals surface area contributed by atoms with E-state index in [0.29, 0.717) is 18.9 Å². The SMILES string of the molecule is CC1CCN(C(=O)CNC(=O)C(C)(C)C)C(C(=O)O)C1. The molecule has 2 atom stereocenters. The Kier molecular flexibility index (Phi) is 5.14. The summed E-state index contributed by atoms with van der Waals surface area (Å²) >= 11 is 0. The lowest BCUT2D eigenvalue weighted by Gasteiger charge is -2.36. The van der Waals surface area contributed by atoms with Crippen molar-refractivity contribution in [2.75, 3.05) is 13.1 Å². The lowest BCUT2D eigenvalue weighted by atomic mass is 9.92. The molecular formula is C14H24N2O4. The van der Waals surface area contributed by atoms with Crippen molar-refractivity contribution in [2.45, 2.75) is 46.6 Å². The molecule has 2 unspecified atom stereocenters. The number of hydrogen-bond acceptors (Lipinski definition) is 3. The molecule has 1 heterocycles. The summed E-state index contributed by atoms with van der Waals surface area (Å²) in [6, 6.07) is -0.780. The average Bonchev–Trinajstić information content (AvgIpc) is 2.34. The molecule has 1 aliphatic heterocycles. The highest BCUT2D eigenvalue weighted by molar-refractivity contribution is 5.89. The molecule has 114 valence electrons. The molecule has 0 spiro atoms. The normalized spacial score (nSPS) is 23.3. The Labute approximate surface area is 119 Å². The van der Waals surface area contributed by atoms with E-state index in [-0.39, 0.29) is 18.4 Å². The Bertz CT molecular complexity index is 400. The Morgan fingerprint density at radius 2 is 1.90 bits per heavy atom. The van der Waals surface area contributed by atoms with Crippen LogP contribution in [0.15, 0.2) is 0 Å². The Morgan fingerprint density at radius 1 is 1.30 bits per heavy atom. The van der Waals surface area contributed by atoms with Crippen LogP contribution in [0, 0.1) is 11.3 Å². The van der Waals surface area contributed by atoms with E-state index in [1.807, 2.05) is 6.92 Å². The van der Waals surface area contributed by atoms with Gasteiger partial charge in [-0.05, 0) is 18.8 Å². The summed E-state index contributed by atoms with van der Waals surface area (Å²) in [4.78, 5) is 36.4. The smallest absolute Gasteiger partial charge is 0.326 e. The van der Waals surface area contributed by atoms with E-state index < -0.39 is 17.4 Å². The van der Waals surface area contributed by atoms with E-state index in [0.717, 1.165) is 6.42 Å². The maximum atomic E-state index is 12.1. The van der Waals surface area contributed by atoms with Crippen molar-refractivity contribution in [1.82, 2.24) is 10.2 Å². The van der Waals surface area contributed by atoms with E-state index in [9.17, 15) is 19.5 Å². The van der Waals surface area contributed by atoms with Crippen LogP contribution in [0.1, 0.15) is 40.5 Å². The van der Waals surface area contributed by atoms with Gasteiger partial charge in [0.15, 0.2) is 0 Å². The molecule has 0 aromatic rings. The number of likely N-dealkylation sites (tertiary alicyclic amines) is 1. The molecule has 2 N–H and O–H groups in total. The van der Waals surface area contributed by atoms with Gasteiger partial charge >= 0.3 is 5.97 Å². The van der Waals surface area contributed by atoms with Gasteiger partial charge in [0.1, 0.15) is 6.04 Å². The number of carbonyl (C=O) groups excluding carboxylic acids is 2. The van der Waals surface area contributed by atoms with Crippen LogP contribution in [0.3, 0.4) is 0 Å². The molecule has 0 saturated carbocycles. The van der Waals surface area contributed by atoms with Crippen molar-refractivity contribution in [3.05, 3.63) is 0 Å². The van der Waals surface area contributed by atoms with E-state index in [1.165, 1.54) is 4.90 Å². The summed E-state index contributed by atoms with van der Waals surface area (Å²) in [7, 11) is 0. The lowest BCUT2D eigenvalue weighted by Crippen LogP contribution is -2.53. The summed E-state index contributed by atoms with van der Waals surface area (Å²) in [5.41, 5.74) is -0.567. The van der Waals surface area contributed by atoms with Gasteiger partial charge in [0.2, 0.25) is 11.8 Å². The Balaban J connectivity index is 2.61. The summed E-state index contributed by atoms with van der Waals surface area (Å²) in [6.45, 7) is 7.55. The number of carbonyl (C=O) groups is 3. The number of rotatable bonds is 3. The third kappa shape index (κ3) is 4.21. The minimum absolute atomic E-state index is 0.145. The second-order valence-electron chi connectivity index (χ2n) is 6.50. The molecule has 6 nitrogen and oxygen atoms in total. The molecule has 2 amide bonds. The fourth-order valence-electron chi connectivity index (χ4n) is 2.20. The zero-order valence-corrected chi connectivity index (χ0v) is 12.6. The number of carboxylic acid groups (broad SMARTS) is 1. The number of hydrogen-bond donors (Lipinski definition) is 2. The third-order valence-corrected chi connectivity index (χ3v) is 3.55. The first-order valence-electron chi connectivity index (χ1n) is 6.93. The number of amides is 2. The van der Waals surface area contributed by atoms with Crippen LogP contribution < -0.4 is 5.32 Å². The van der Waals surface area contributed by atoms with E-state index >= 15 is 0 Å². The van der Waals surface area contributed by atoms with Gasteiger partial charge in [-0.2, -0.15) is 0 Å². The Morgan fingerprint density at radius 3 is 2.40 bits per heavy atom. The second-order valence-corrected chi connectivity index (χ2v) is 6.50. The van der Waals surface area contributed by atoms with Crippen molar-refractivity contribution in [3.8, 4) is 0 Å². The van der Waals surface area contributed by atoms with Crippen LogP contribution in [0.5, 0.6) is 0 Å². The first kappa shape index (κ1) is 16.5. The molecule has 0 aromatic carbocycles. The molecule has 1 fully saturated rings.